The Morgan fingerprint density at radius 1 is 1.29 bits per heavy atom. The Labute approximate surface area is 140 Å². The second kappa shape index (κ2) is 7.33. The quantitative estimate of drug-likeness (QED) is 0.819. The molecule has 24 heavy (non-hydrogen) atoms. The van der Waals surface area contributed by atoms with Crippen molar-refractivity contribution < 1.29 is 17.5 Å². The molecule has 0 spiro atoms. The first-order valence-electron chi connectivity index (χ1n) is 7.68. The maximum atomic E-state index is 13.9. The van der Waals surface area contributed by atoms with Crippen molar-refractivity contribution in [1.82, 2.24) is 14.3 Å². The predicted octanol–water partition coefficient (Wildman–Crippen LogP) is 1.64. The van der Waals surface area contributed by atoms with Crippen LogP contribution in [-0.2, 0) is 21.2 Å². The van der Waals surface area contributed by atoms with Crippen molar-refractivity contribution in [2.45, 2.75) is 23.8 Å². The Kier molecular flexibility index (Phi) is 5.17. The van der Waals surface area contributed by atoms with Crippen LogP contribution in [0.2, 0.25) is 0 Å². The molecule has 128 valence electrons. The molecule has 0 bridgehead atoms. The van der Waals surface area contributed by atoms with E-state index >= 15 is 0 Å². The van der Waals surface area contributed by atoms with Crippen LogP contribution >= 0.6 is 0 Å². The molecular weight excluding hydrogens is 333 g/mol. The van der Waals surface area contributed by atoms with E-state index in [0.29, 0.717) is 19.4 Å². The molecule has 1 unspecified atom stereocenters. The van der Waals surface area contributed by atoms with Crippen molar-refractivity contribution in [3.63, 3.8) is 0 Å². The maximum absolute atomic E-state index is 13.9. The first-order valence-corrected chi connectivity index (χ1v) is 9.12. The highest BCUT2D eigenvalue weighted by molar-refractivity contribution is 7.89. The van der Waals surface area contributed by atoms with Gasteiger partial charge in [0.2, 0.25) is 10.0 Å². The lowest BCUT2D eigenvalue weighted by Crippen LogP contribution is -2.45. The largest absolute Gasteiger partial charge is 0.375 e. The molecule has 1 fully saturated rings. The normalized spacial score (nSPS) is 19.3. The number of rotatable bonds is 5. The Bertz CT molecular complexity index is 786. The number of benzene rings is 1. The molecule has 8 heteroatoms. The van der Waals surface area contributed by atoms with Crippen molar-refractivity contribution in [3.8, 4) is 0 Å². The number of sulfonamides is 1. The van der Waals surface area contributed by atoms with E-state index in [1.54, 1.807) is 6.20 Å². The molecule has 0 N–H and O–H groups in total. The van der Waals surface area contributed by atoms with E-state index in [2.05, 4.69) is 9.97 Å². The Balaban J connectivity index is 1.68. The topological polar surface area (TPSA) is 72.4 Å². The first-order chi connectivity index (χ1) is 11.6. The summed E-state index contributed by atoms with van der Waals surface area (Å²) in [5.74, 6) is -0.735. The Morgan fingerprint density at radius 2 is 2.12 bits per heavy atom. The van der Waals surface area contributed by atoms with Gasteiger partial charge in [0.1, 0.15) is 17.0 Å². The van der Waals surface area contributed by atoms with Crippen LogP contribution in [0.15, 0.2) is 47.8 Å². The number of aromatic nitrogens is 2. The Hall–Kier alpha value is -1.90. The summed E-state index contributed by atoms with van der Waals surface area (Å²) in [6.45, 7) is 0.727. The van der Waals surface area contributed by atoms with Gasteiger partial charge in [0.25, 0.3) is 0 Å². The van der Waals surface area contributed by atoms with Gasteiger partial charge in [0, 0.05) is 25.0 Å². The molecule has 0 amide bonds. The summed E-state index contributed by atoms with van der Waals surface area (Å²) < 4.78 is 46.1. The van der Waals surface area contributed by atoms with Crippen molar-refractivity contribution in [2.75, 3.05) is 19.7 Å². The van der Waals surface area contributed by atoms with Gasteiger partial charge in [-0.2, -0.15) is 4.31 Å². The van der Waals surface area contributed by atoms with Crippen LogP contribution < -0.4 is 0 Å². The molecule has 2 heterocycles. The van der Waals surface area contributed by atoms with Gasteiger partial charge in [-0.3, -0.25) is 0 Å². The van der Waals surface area contributed by atoms with Crippen molar-refractivity contribution in [2.24, 2.45) is 0 Å². The molecule has 1 saturated heterocycles. The average Bonchev–Trinajstić information content (AvgIpc) is 2.61. The van der Waals surface area contributed by atoms with Gasteiger partial charge in [0.05, 0.1) is 12.7 Å². The van der Waals surface area contributed by atoms with Crippen LogP contribution in [0.3, 0.4) is 0 Å². The number of morpholine rings is 1. The first kappa shape index (κ1) is 16.9. The second-order valence-corrected chi connectivity index (χ2v) is 7.43. The number of aryl methyl sites for hydroxylation is 1. The predicted molar refractivity (Wildman–Crippen MR) is 85.3 cm³/mol. The molecule has 0 aliphatic carbocycles. The summed E-state index contributed by atoms with van der Waals surface area (Å²) >= 11 is 0. The molecule has 1 aromatic carbocycles. The van der Waals surface area contributed by atoms with Gasteiger partial charge < -0.3 is 4.74 Å². The smallest absolute Gasteiger partial charge is 0.246 e. The Morgan fingerprint density at radius 3 is 2.88 bits per heavy atom. The summed E-state index contributed by atoms with van der Waals surface area (Å²) in [5, 5.41) is 0. The van der Waals surface area contributed by atoms with Gasteiger partial charge in [-0.1, -0.05) is 12.1 Å². The monoisotopic (exact) mass is 351 g/mol. The van der Waals surface area contributed by atoms with Crippen LogP contribution in [0, 0.1) is 5.82 Å². The highest BCUT2D eigenvalue weighted by atomic mass is 32.2. The van der Waals surface area contributed by atoms with Crippen LogP contribution in [0.5, 0.6) is 0 Å². The third-order valence-corrected chi connectivity index (χ3v) is 5.82. The third kappa shape index (κ3) is 3.77. The van der Waals surface area contributed by atoms with Crippen molar-refractivity contribution in [1.29, 1.82) is 0 Å². The lowest BCUT2D eigenvalue weighted by atomic mass is 10.1. The summed E-state index contributed by atoms with van der Waals surface area (Å²) in [6.07, 6.45) is 4.21. The zero-order valence-electron chi connectivity index (χ0n) is 13.0. The maximum Gasteiger partial charge on any atom is 0.246 e. The zero-order valence-corrected chi connectivity index (χ0v) is 13.8. The average molecular weight is 351 g/mol. The molecular formula is C16H18FN3O3S. The molecule has 0 saturated carbocycles. The van der Waals surface area contributed by atoms with E-state index < -0.39 is 15.8 Å². The van der Waals surface area contributed by atoms with E-state index in [-0.39, 0.29) is 24.1 Å². The second-order valence-electron chi connectivity index (χ2n) is 5.53. The summed E-state index contributed by atoms with van der Waals surface area (Å²) in [4.78, 5) is 7.71. The number of halogens is 1. The van der Waals surface area contributed by atoms with Crippen LogP contribution in [0.1, 0.15) is 12.1 Å². The molecule has 1 atom stereocenters. The number of ether oxygens (including phenoxy) is 1. The molecule has 3 rings (SSSR count). The van der Waals surface area contributed by atoms with Gasteiger partial charge in [-0.25, -0.2) is 22.8 Å². The molecule has 6 nitrogen and oxygen atoms in total. The SMILES string of the molecule is O=S(=O)(c1ccccc1F)N1CCOC(CCc2ccncn2)C1. The van der Waals surface area contributed by atoms with Crippen LogP contribution in [0.4, 0.5) is 4.39 Å². The van der Waals surface area contributed by atoms with Crippen LogP contribution in [0.25, 0.3) is 0 Å². The highest BCUT2D eigenvalue weighted by Crippen LogP contribution is 2.22. The molecule has 2 aromatic rings. The zero-order chi connectivity index (χ0) is 17.0. The fourth-order valence-electron chi connectivity index (χ4n) is 2.65. The van der Waals surface area contributed by atoms with E-state index in [1.807, 2.05) is 6.07 Å². The third-order valence-electron chi connectivity index (χ3n) is 3.92. The molecule has 0 radical (unpaired) electrons. The van der Waals surface area contributed by atoms with Crippen molar-refractivity contribution >= 4 is 10.0 Å². The molecule has 1 aliphatic rings. The minimum Gasteiger partial charge on any atom is -0.375 e. The number of hydrogen-bond acceptors (Lipinski definition) is 5. The minimum absolute atomic E-state index is 0.210. The van der Waals surface area contributed by atoms with Crippen molar-refractivity contribution in [3.05, 3.63) is 54.4 Å². The van der Waals surface area contributed by atoms with E-state index in [9.17, 15) is 12.8 Å². The highest BCUT2D eigenvalue weighted by Gasteiger charge is 2.32. The van der Waals surface area contributed by atoms with Gasteiger partial charge >= 0.3 is 0 Å². The summed E-state index contributed by atoms with van der Waals surface area (Å²) in [6, 6.07) is 7.24. The summed E-state index contributed by atoms with van der Waals surface area (Å²) in [5.41, 5.74) is 0.877. The standard InChI is InChI=1S/C16H18FN3O3S/c17-15-3-1-2-4-16(15)24(21,22)20-9-10-23-14(11-20)6-5-13-7-8-18-12-19-13/h1-4,7-8,12,14H,5-6,9-11H2. The summed E-state index contributed by atoms with van der Waals surface area (Å²) in [7, 11) is -3.86. The number of hydrogen-bond donors (Lipinski definition) is 0. The lowest BCUT2D eigenvalue weighted by Gasteiger charge is -2.32. The fourth-order valence-corrected chi connectivity index (χ4v) is 4.17. The number of nitrogens with zero attached hydrogens (tertiary/aromatic N) is 3. The van der Waals surface area contributed by atoms with E-state index in [4.69, 9.17) is 4.74 Å². The fraction of sp³-hybridized carbons (Fsp3) is 0.375. The van der Waals surface area contributed by atoms with E-state index in [0.717, 1.165) is 11.8 Å². The molecule has 1 aromatic heterocycles. The lowest BCUT2D eigenvalue weighted by molar-refractivity contribution is -0.00544. The van der Waals surface area contributed by atoms with Gasteiger partial charge in [0.15, 0.2) is 0 Å². The van der Waals surface area contributed by atoms with Gasteiger partial charge in [-0.15, -0.1) is 0 Å². The molecule has 1 aliphatic heterocycles. The van der Waals surface area contributed by atoms with E-state index in [1.165, 1.54) is 28.8 Å². The minimum atomic E-state index is -3.86. The van der Waals surface area contributed by atoms with Gasteiger partial charge in [-0.05, 0) is 31.0 Å². The van der Waals surface area contributed by atoms with Crippen LogP contribution in [-0.4, -0.2) is 48.5 Å².